The Labute approximate surface area is 147 Å². The van der Waals surface area contributed by atoms with Crippen LogP contribution < -0.4 is 10.1 Å². The van der Waals surface area contributed by atoms with Gasteiger partial charge < -0.3 is 10.1 Å². The molecule has 0 saturated heterocycles. The molecular formula is C19H24N2O2S. The number of ether oxygens (including phenoxy) is 1. The van der Waals surface area contributed by atoms with E-state index in [1.165, 1.54) is 0 Å². The number of benzene rings is 1. The fourth-order valence-electron chi connectivity index (χ4n) is 3.11. The van der Waals surface area contributed by atoms with E-state index in [0.29, 0.717) is 11.8 Å². The lowest BCUT2D eigenvalue weighted by atomic mass is 9.93. The SMILES string of the molecule is CCSCC(=O)NC1CCC(Oc2ccc3ncccc3c2)CC1. The second-order valence-electron chi connectivity index (χ2n) is 6.15. The highest BCUT2D eigenvalue weighted by atomic mass is 32.2. The van der Waals surface area contributed by atoms with Crippen LogP contribution in [0.4, 0.5) is 0 Å². The molecule has 2 aromatic rings. The molecule has 3 rings (SSSR count). The third kappa shape index (κ3) is 4.63. The molecule has 0 atom stereocenters. The van der Waals surface area contributed by atoms with Crippen LogP contribution in [0.15, 0.2) is 36.5 Å². The zero-order valence-corrected chi connectivity index (χ0v) is 14.8. The van der Waals surface area contributed by atoms with E-state index in [0.717, 1.165) is 48.1 Å². The van der Waals surface area contributed by atoms with Gasteiger partial charge in [0.25, 0.3) is 0 Å². The lowest BCUT2D eigenvalue weighted by Gasteiger charge is -2.29. The second-order valence-corrected chi connectivity index (χ2v) is 7.43. The van der Waals surface area contributed by atoms with Gasteiger partial charge in [-0.05, 0) is 55.7 Å². The lowest BCUT2D eigenvalue weighted by Crippen LogP contribution is -2.40. The first kappa shape index (κ1) is 17.1. The fourth-order valence-corrected chi connectivity index (χ4v) is 3.58. The number of carbonyl (C=O) groups is 1. The topological polar surface area (TPSA) is 51.2 Å². The molecule has 1 aliphatic carbocycles. The Hall–Kier alpha value is -1.75. The minimum absolute atomic E-state index is 0.160. The van der Waals surface area contributed by atoms with Crippen LogP contribution in [0.1, 0.15) is 32.6 Å². The number of rotatable bonds is 6. The Kier molecular flexibility index (Phi) is 5.96. The van der Waals surface area contributed by atoms with Crippen LogP contribution in [0.2, 0.25) is 0 Å². The van der Waals surface area contributed by atoms with Crippen molar-refractivity contribution in [3.8, 4) is 5.75 Å². The summed E-state index contributed by atoms with van der Waals surface area (Å²) in [5.41, 5.74) is 0.987. The molecule has 5 heteroatoms. The number of fused-ring (bicyclic) bond motifs is 1. The molecule has 0 radical (unpaired) electrons. The predicted molar refractivity (Wildman–Crippen MR) is 99.6 cm³/mol. The summed E-state index contributed by atoms with van der Waals surface area (Å²) in [6.45, 7) is 2.07. The molecule has 0 unspecified atom stereocenters. The molecule has 0 bridgehead atoms. The normalized spacial score (nSPS) is 20.7. The summed E-state index contributed by atoms with van der Waals surface area (Å²) < 4.78 is 6.14. The highest BCUT2D eigenvalue weighted by Gasteiger charge is 2.23. The number of amides is 1. The van der Waals surface area contributed by atoms with Crippen LogP contribution in [0.25, 0.3) is 10.9 Å². The minimum atomic E-state index is 0.160. The summed E-state index contributed by atoms with van der Waals surface area (Å²) in [7, 11) is 0. The fraction of sp³-hybridized carbons (Fsp3) is 0.474. The number of nitrogens with one attached hydrogen (secondary N) is 1. The summed E-state index contributed by atoms with van der Waals surface area (Å²) >= 11 is 1.67. The molecule has 1 fully saturated rings. The van der Waals surface area contributed by atoms with E-state index in [1.54, 1.807) is 18.0 Å². The minimum Gasteiger partial charge on any atom is -0.490 e. The van der Waals surface area contributed by atoms with Gasteiger partial charge in [0.05, 0.1) is 17.4 Å². The number of thioether (sulfide) groups is 1. The Morgan fingerprint density at radius 3 is 2.92 bits per heavy atom. The van der Waals surface area contributed by atoms with Gasteiger partial charge in [0.1, 0.15) is 5.75 Å². The van der Waals surface area contributed by atoms with Crippen LogP contribution in [0.3, 0.4) is 0 Å². The van der Waals surface area contributed by atoms with Crippen molar-refractivity contribution < 1.29 is 9.53 Å². The van der Waals surface area contributed by atoms with Crippen molar-refractivity contribution in [3.63, 3.8) is 0 Å². The van der Waals surface area contributed by atoms with Crippen LogP contribution >= 0.6 is 11.8 Å². The van der Waals surface area contributed by atoms with E-state index < -0.39 is 0 Å². The second kappa shape index (κ2) is 8.38. The van der Waals surface area contributed by atoms with Crippen molar-refractivity contribution in [3.05, 3.63) is 36.5 Å². The van der Waals surface area contributed by atoms with Gasteiger partial charge in [-0.3, -0.25) is 9.78 Å². The van der Waals surface area contributed by atoms with Gasteiger partial charge in [0.2, 0.25) is 5.91 Å². The maximum Gasteiger partial charge on any atom is 0.230 e. The summed E-state index contributed by atoms with van der Waals surface area (Å²) in [5.74, 6) is 2.61. The van der Waals surface area contributed by atoms with Crippen LogP contribution in [-0.2, 0) is 4.79 Å². The highest BCUT2D eigenvalue weighted by molar-refractivity contribution is 7.99. The number of carbonyl (C=O) groups excluding carboxylic acids is 1. The van der Waals surface area contributed by atoms with E-state index in [9.17, 15) is 4.79 Å². The average Bonchev–Trinajstić information content (AvgIpc) is 2.61. The average molecular weight is 344 g/mol. The monoisotopic (exact) mass is 344 g/mol. The Bertz CT molecular complexity index is 684. The summed E-state index contributed by atoms with van der Waals surface area (Å²) in [4.78, 5) is 16.1. The van der Waals surface area contributed by atoms with E-state index in [1.807, 2.05) is 18.2 Å². The van der Waals surface area contributed by atoms with Gasteiger partial charge in [-0.2, -0.15) is 11.8 Å². The van der Waals surface area contributed by atoms with Crippen molar-refractivity contribution >= 4 is 28.6 Å². The predicted octanol–water partition coefficient (Wildman–Crippen LogP) is 3.79. The number of hydrogen-bond donors (Lipinski definition) is 1. The maximum absolute atomic E-state index is 11.8. The molecule has 1 N–H and O–H groups in total. The van der Waals surface area contributed by atoms with Crippen LogP contribution in [0, 0.1) is 0 Å². The molecule has 1 saturated carbocycles. The molecule has 24 heavy (non-hydrogen) atoms. The number of aromatic nitrogens is 1. The first-order valence-corrected chi connectivity index (χ1v) is 9.78. The quantitative estimate of drug-likeness (QED) is 0.866. The standard InChI is InChI=1S/C19H24N2O2S/c1-2-24-13-19(22)21-15-5-7-16(8-6-15)23-17-9-10-18-14(12-17)4-3-11-20-18/h3-4,9-12,15-16H,2,5-8,13H2,1H3,(H,21,22). The molecular weight excluding hydrogens is 320 g/mol. The Balaban J connectivity index is 1.48. The van der Waals surface area contributed by atoms with Gasteiger partial charge in [0.15, 0.2) is 0 Å². The Morgan fingerprint density at radius 1 is 1.29 bits per heavy atom. The van der Waals surface area contributed by atoms with Crippen LogP contribution in [-0.4, -0.2) is 34.5 Å². The molecule has 1 aliphatic rings. The summed E-state index contributed by atoms with van der Waals surface area (Å²) in [6, 6.07) is 10.3. The summed E-state index contributed by atoms with van der Waals surface area (Å²) in [5, 5.41) is 4.24. The maximum atomic E-state index is 11.8. The van der Waals surface area contributed by atoms with Crippen molar-refractivity contribution in [1.29, 1.82) is 0 Å². The zero-order valence-electron chi connectivity index (χ0n) is 14.0. The van der Waals surface area contributed by atoms with Crippen molar-refractivity contribution in [1.82, 2.24) is 10.3 Å². The van der Waals surface area contributed by atoms with Crippen LogP contribution in [0.5, 0.6) is 5.75 Å². The van der Waals surface area contributed by atoms with E-state index >= 15 is 0 Å². The molecule has 1 heterocycles. The highest BCUT2D eigenvalue weighted by Crippen LogP contribution is 2.26. The first-order chi connectivity index (χ1) is 11.7. The van der Waals surface area contributed by atoms with E-state index in [4.69, 9.17) is 4.74 Å². The first-order valence-electron chi connectivity index (χ1n) is 8.63. The number of nitrogens with zero attached hydrogens (tertiary/aromatic N) is 1. The molecule has 4 nitrogen and oxygen atoms in total. The van der Waals surface area contributed by atoms with Crippen molar-refractivity contribution in [2.45, 2.75) is 44.8 Å². The van der Waals surface area contributed by atoms with Gasteiger partial charge in [0, 0.05) is 17.6 Å². The van der Waals surface area contributed by atoms with Gasteiger partial charge in [-0.25, -0.2) is 0 Å². The molecule has 1 amide bonds. The van der Waals surface area contributed by atoms with Crippen molar-refractivity contribution in [2.24, 2.45) is 0 Å². The molecule has 0 spiro atoms. The van der Waals surface area contributed by atoms with E-state index in [2.05, 4.69) is 29.4 Å². The summed E-state index contributed by atoms with van der Waals surface area (Å²) in [6.07, 6.45) is 5.98. The zero-order chi connectivity index (χ0) is 16.8. The number of pyridine rings is 1. The third-order valence-corrected chi connectivity index (χ3v) is 5.23. The van der Waals surface area contributed by atoms with Gasteiger partial charge in [-0.1, -0.05) is 13.0 Å². The smallest absolute Gasteiger partial charge is 0.230 e. The largest absolute Gasteiger partial charge is 0.490 e. The van der Waals surface area contributed by atoms with Crippen molar-refractivity contribution in [2.75, 3.05) is 11.5 Å². The van der Waals surface area contributed by atoms with E-state index in [-0.39, 0.29) is 12.0 Å². The Morgan fingerprint density at radius 2 is 2.12 bits per heavy atom. The molecule has 1 aromatic carbocycles. The lowest BCUT2D eigenvalue weighted by molar-refractivity contribution is -0.119. The molecule has 0 aliphatic heterocycles. The van der Waals surface area contributed by atoms with Gasteiger partial charge >= 0.3 is 0 Å². The number of hydrogen-bond acceptors (Lipinski definition) is 4. The molecule has 1 aromatic heterocycles. The van der Waals surface area contributed by atoms with Gasteiger partial charge in [-0.15, -0.1) is 0 Å². The third-order valence-electron chi connectivity index (χ3n) is 4.35. The molecule has 128 valence electrons.